The predicted octanol–water partition coefficient (Wildman–Crippen LogP) is 3.26. The third-order valence-corrected chi connectivity index (χ3v) is 2.82. The average molecular weight is 195 g/mol. The van der Waals surface area contributed by atoms with E-state index in [9.17, 15) is 4.39 Å². The normalized spacial score (nSPS) is 13.2. The van der Waals surface area contributed by atoms with E-state index in [2.05, 4.69) is 13.8 Å². The van der Waals surface area contributed by atoms with Gasteiger partial charge in [-0.1, -0.05) is 44.9 Å². The zero-order chi connectivity index (χ0) is 10.6. The lowest BCUT2D eigenvalue weighted by atomic mass is 9.89. The van der Waals surface area contributed by atoms with Crippen molar-refractivity contribution in [2.24, 2.45) is 11.7 Å². The Morgan fingerprint density at radius 3 is 2.29 bits per heavy atom. The molecular weight excluding hydrogens is 177 g/mol. The van der Waals surface area contributed by atoms with Gasteiger partial charge in [0.1, 0.15) is 5.82 Å². The van der Waals surface area contributed by atoms with Gasteiger partial charge >= 0.3 is 0 Å². The first-order valence-corrected chi connectivity index (χ1v) is 5.20. The molecule has 0 radical (unpaired) electrons. The van der Waals surface area contributed by atoms with E-state index in [1.807, 2.05) is 6.07 Å². The van der Waals surface area contributed by atoms with Crippen molar-refractivity contribution in [1.29, 1.82) is 0 Å². The lowest BCUT2D eigenvalue weighted by Crippen LogP contribution is -2.21. The van der Waals surface area contributed by atoms with Crippen LogP contribution in [-0.2, 0) is 0 Å². The lowest BCUT2D eigenvalue weighted by Gasteiger charge is -2.21. The maximum Gasteiger partial charge on any atom is 0.127 e. The molecule has 1 nitrogen and oxygen atoms in total. The summed E-state index contributed by atoms with van der Waals surface area (Å²) in [5, 5.41) is 0. The fourth-order valence-electron chi connectivity index (χ4n) is 1.80. The average Bonchev–Trinajstić information content (AvgIpc) is 2.20. The van der Waals surface area contributed by atoms with E-state index in [0.29, 0.717) is 11.5 Å². The van der Waals surface area contributed by atoms with Crippen LogP contribution >= 0.6 is 0 Å². The van der Waals surface area contributed by atoms with Crippen LogP contribution in [0, 0.1) is 11.7 Å². The van der Waals surface area contributed by atoms with Gasteiger partial charge in [0, 0.05) is 11.6 Å². The molecule has 0 aliphatic carbocycles. The highest BCUT2D eigenvalue weighted by atomic mass is 19.1. The molecule has 0 aliphatic rings. The van der Waals surface area contributed by atoms with Crippen LogP contribution in [-0.4, -0.2) is 0 Å². The smallest absolute Gasteiger partial charge is 0.127 e. The van der Waals surface area contributed by atoms with Crippen molar-refractivity contribution in [2.75, 3.05) is 0 Å². The van der Waals surface area contributed by atoms with Gasteiger partial charge in [-0.05, 0) is 12.0 Å². The van der Waals surface area contributed by atoms with Gasteiger partial charge in [0.05, 0.1) is 0 Å². The molecule has 1 atom stereocenters. The van der Waals surface area contributed by atoms with Crippen molar-refractivity contribution >= 4 is 0 Å². The Bertz CT molecular complexity index is 281. The van der Waals surface area contributed by atoms with Crippen LogP contribution in [0.15, 0.2) is 24.3 Å². The summed E-state index contributed by atoms with van der Waals surface area (Å²) >= 11 is 0. The van der Waals surface area contributed by atoms with Gasteiger partial charge in [0.25, 0.3) is 0 Å². The first-order chi connectivity index (χ1) is 6.70. The Labute approximate surface area is 85.1 Å². The van der Waals surface area contributed by atoms with Crippen LogP contribution < -0.4 is 5.73 Å². The van der Waals surface area contributed by atoms with Crippen molar-refractivity contribution in [1.82, 2.24) is 0 Å². The van der Waals surface area contributed by atoms with Gasteiger partial charge in [-0.15, -0.1) is 0 Å². The summed E-state index contributed by atoms with van der Waals surface area (Å²) in [7, 11) is 0. The summed E-state index contributed by atoms with van der Waals surface area (Å²) in [6, 6.07) is 6.60. The largest absolute Gasteiger partial charge is 0.324 e. The lowest BCUT2D eigenvalue weighted by molar-refractivity contribution is 0.394. The summed E-state index contributed by atoms with van der Waals surface area (Å²) in [6.07, 6.45) is 1.98. The second kappa shape index (κ2) is 5.11. The van der Waals surface area contributed by atoms with E-state index < -0.39 is 0 Å². The number of halogens is 1. The molecule has 14 heavy (non-hydrogen) atoms. The highest BCUT2D eigenvalue weighted by Gasteiger charge is 2.18. The fraction of sp³-hybridized carbons (Fsp3) is 0.500. The molecule has 0 aromatic heterocycles. The van der Waals surface area contributed by atoms with Crippen molar-refractivity contribution in [3.05, 3.63) is 35.6 Å². The Morgan fingerprint density at radius 1 is 1.21 bits per heavy atom. The van der Waals surface area contributed by atoms with Crippen LogP contribution in [0.3, 0.4) is 0 Å². The van der Waals surface area contributed by atoms with Gasteiger partial charge < -0.3 is 5.73 Å². The van der Waals surface area contributed by atoms with Crippen LogP contribution in [0.4, 0.5) is 4.39 Å². The SMILES string of the molecule is CCC(CC)C(N)c1ccccc1F. The standard InChI is InChI=1S/C12H18FN/c1-3-9(4-2)12(14)10-7-5-6-8-11(10)13/h5-9,12H,3-4,14H2,1-2H3. The van der Waals surface area contributed by atoms with Gasteiger partial charge in [0.2, 0.25) is 0 Å². The summed E-state index contributed by atoms with van der Waals surface area (Å²) in [4.78, 5) is 0. The van der Waals surface area contributed by atoms with E-state index in [4.69, 9.17) is 5.73 Å². The monoisotopic (exact) mass is 195 g/mol. The molecule has 1 aromatic rings. The second-order valence-electron chi connectivity index (χ2n) is 3.62. The Hall–Kier alpha value is -0.890. The highest BCUT2D eigenvalue weighted by molar-refractivity contribution is 5.21. The van der Waals surface area contributed by atoms with E-state index >= 15 is 0 Å². The summed E-state index contributed by atoms with van der Waals surface area (Å²) in [6.45, 7) is 4.18. The molecule has 1 rings (SSSR count). The van der Waals surface area contributed by atoms with Gasteiger partial charge in [-0.3, -0.25) is 0 Å². The molecule has 2 heteroatoms. The number of rotatable bonds is 4. The zero-order valence-corrected chi connectivity index (χ0v) is 8.83. The highest BCUT2D eigenvalue weighted by Crippen LogP contribution is 2.26. The van der Waals surface area contributed by atoms with E-state index in [0.717, 1.165) is 12.8 Å². The third-order valence-electron chi connectivity index (χ3n) is 2.82. The minimum absolute atomic E-state index is 0.175. The molecule has 1 unspecified atom stereocenters. The van der Waals surface area contributed by atoms with Crippen LogP contribution in [0.5, 0.6) is 0 Å². The van der Waals surface area contributed by atoms with Crippen LogP contribution in [0.25, 0.3) is 0 Å². The first kappa shape index (κ1) is 11.2. The molecule has 0 saturated carbocycles. The number of hydrogen-bond donors (Lipinski definition) is 1. The number of hydrogen-bond acceptors (Lipinski definition) is 1. The Kier molecular flexibility index (Phi) is 4.08. The third kappa shape index (κ3) is 2.32. The van der Waals surface area contributed by atoms with Crippen molar-refractivity contribution in [2.45, 2.75) is 32.7 Å². The number of nitrogens with two attached hydrogens (primary N) is 1. The molecule has 0 spiro atoms. The first-order valence-electron chi connectivity index (χ1n) is 5.20. The Morgan fingerprint density at radius 2 is 1.79 bits per heavy atom. The van der Waals surface area contributed by atoms with Gasteiger partial charge in [-0.2, -0.15) is 0 Å². The quantitative estimate of drug-likeness (QED) is 0.784. The van der Waals surface area contributed by atoms with E-state index in [-0.39, 0.29) is 11.9 Å². The summed E-state index contributed by atoms with van der Waals surface area (Å²) < 4.78 is 13.4. The Balaban J connectivity index is 2.88. The zero-order valence-electron chi connectivity index (χ0n) is 8.83. The fourth-order valence-corrected chi connectivity index (χ4v) is 1.80. The molecule has 2 N–H and O–H groups in total. The molecule has 0 fully saturated rings. The molecule has 0 amide bonds. The maximum absolute atomic E-state index is 13.4. The molecular formula is C12H18FN. The molecule has 1 aromatic carbocycles. The van der Waals surface area contributed by atoms with E-state index in [1.165, 1.54) is 6.07 Å². The minimum atomic E-state index is -0.188. The van der Waals surface area contributed by atoms with Crippen LogP contribution in [0.2, 0.25) is 0 Å². The second-order valence-corrected chi connectivity index (χ2v) is 3.62. The topological polar surface area (TPSA) is 26.0 Å². The number of benzene rings is 1. The predicted molar refractivity (Wildman–Crippen MR) is 57.4 cm³/mol. The van der Waals surface area contributed by atoms with Crippen molar-refractivity contribution in [3.8, 4) is 0 Å². The maximum atomic E-state index is 13.4. The summed E-state index contributed by atoms with van der Waals surface area (Å²) in [5.74, 6) is 0.179. The van der Waals surface area contributed by atoms with E-state index in [1.54, 1.807) is 12.1 Å². The molecule has 0 bridgehead atoms. The molecule has 0 saturated heterocycles. The molecule has 0 heterocycles. The minimum Gasteiger partial charge on any atom is -0.324 e. The van der Waals surface area contributed by atoms with Crippen LogP contribution in [0.1, 0.15) is 38.3 Å². The summed E-state index contributed by atoms with van der Waals surface area (Å²) in [5.41, 5.74) is 6.66. The van der Waals surface area contributed by atoms with Crippen molar-refractivity contribution in [3.63, 3.8) is 0 Å². The van der Waals surface area contributed by atoms with Gasteiger partial charge in [0.15, 0.2) is 0 Å². The van der Waals surface area contributed by atoms with Gasteiger partial charge in [-0.25, -0.2) is 4.39 Å². The molecule has 0 aliphatic heterocycles. The van der Waals surface area contributed by atoms with Crippen molar-refractivity contribution < 1.29 is 4.39 Å². The molecule has 78 valence electrons.